The second-order valence-electron chi connectivity index (χ2n) is 2.11. The molecule has 13 heavy (non-hydrogen) atoms. The topological polar surface area (TPSA) is 32.6 Å². The molecule has 0 saturated heterocycles. The molecule has 0 saturated carbocycles. The molecule has 1 rings (SSSR count). The van der Waals surface area contributed by atoms with Gasteiger partial charge in [-0.25, -0.2) is 8.78 Å². The van der Waals surface area contributed by atoms with Crippen molar-refractivity contribution in [3.05, 3.63) is 34.4 Å². The number of nitrogens with zero attached hydrogens (tertiary/aromatic N) is 1. The van der Waals surface area contributed by atoms with Gasteiger partial charge in [0, 0.05) is 0 Å². The molecule has 0 atom stereocenters. The lowest BCUT2D eigenvalue weighted by atomic mass is 10.2. The van der Waals surface area contributed by atoms with Gasteiger partial charge < -0.3 is 5.21 Å². The highest BCUT2D eigenvalue weighted by molar-refractivity contribution is 6.69. The number of hydrogen-bond acceptors (Lipinski definition) is 2. The third kappa shape index (κ3) is 1.89. The fourth-order valence-corrected chi connectivity index (χ4v) is 1.05. The predicted octanol–water partition coefficient (Wildman–Crippen LogP) is 2.99. The largest absolute Gasteiger partial charge is 0.410 e. The smallest absolute Gasteiger partial charge is 0.178 e. The molecule has 0 radical (unpaired) electrons. The molecule has 2 nitrogen and oxygen atoms in total. The number of rotatable bonds is 1. The van der Waals surface area contributed by atoms with E-state index in [9.17, 15) is 8.78 Å². The van der Waals surface area contributed by atoms with Crippen molar-refractivity contribution in [1.29, 1.82) is 0 Å². The highest BCUT2D eigenvalue weighted by atomic mass is 35.5. The zero-order valence-corrected chi connectivity index (χ0v) is 7.57. The molecule has 0 unspecified atom stereocenters. The minimum atomic E-state index is -1.05. The van der Waals surface area contributed by atoms with Crippen molar-refractivity contribution in [2.75, 3.05) is 0 Å². The molecule has 0 amide bonds. The highest BCUT2D eigenvalue weighted by Crippen LogP contribution is 2.23. The Labute approximate surface area is 82.4 Å². The van der Waals surface area contributed by atoms with Crippen LogP contribution < -0.4 is 0 Å². The van der Waals surface area contributed by atoms with Gasteiger partial charge in [0.2, 0.25) is 0 Å². The summed E-state index contributed by atoms with van der Waals surface area (Å²) in [6, 6.07) is 1.95. The second kappa shape index (κ2) is 3.89. The van der Waals surface area contributed by atoms with E-state index in [-0.39, 0.29) is 5.56 Å². The molecule has 0 bridgehead atoms. The molecule has 1 aromatic rings. The average molecular weight is 226 g/mol. The number of oxime groups is 1. The van der Waals surface area contributed by atoms with Gasteiger partial charge in [0.1, 0.15) is 10.8 Å². The normalized spacial score (nSPS) is 11.8. The van der Waals surface area contributed by atoms with Crippen molar-refractivity contribution >= 4 is 28.4 Å². The number of hydrogen-bond donors (Lipinski definition) is 1. The van der Waals surface area contributed by atoms with Crippen LogP contribution in [0.2, 0.25) is 5.02 Å². The molecular weight excluding hydrogens is 223 g/mol. The van der Waals surface area contributed by atoms with Gasteiger partial charge in [0.15, 0.2) is 11.0 Å². The summed E-state index contributed by atoms with van der Waals surface area (Å²) in [5.41, 5.74) is -0.254. The van der Waals surface area contributed by atoms with Crippen LogP contribution in [-0.2, 0) is 0 Å². The third-order valence-corrected chi connectivity index (χ3v) is 1.97. The maximum atomic E-state index is 13.1. The Kier molecular flexibility index (Phi) is 3.06. The molecule has 0 heterocycles. The number of benzene rings is 1. The summed E-state index contributed by atoms with van der Waals surface area (Å²) >= 11 is 10.5. The van der Waals surface area contributed by atoms with E-state index in [1.54, 1.807) is 0 Å². The summed E-state index contributed by atoms with van der Waals surface area (Å²) < 4.78 is 25.7. The lowest BCUT2D eigenvalue weighted by Crippen LogP contribution is -1.98. The second-order valence-corrected chi connectivity index (χ2v) is 2.85. The molecule has 0 aliphatic rings. The first kappa shape index (κ1) is 10.2. The van der Waals surface area contributed by atoms with Crippen molar-refractivity contribution in [2.45, 2.75) is 0 Å². The Morgan fingerprint density at radius 3 is 2.54 bits per heavy atom. The zero-order chi connectivity index (χ0) is 10.0. The van der Waals surface area contributed by atoms with Gasteiger partial charge in [-0.05, 0) is 12.1 Å². The van der Waals surface area contributed by atoms with E-state index in [1.165, 1.54) is 0 Å². The van der Waals surface area contributed by atoms with Gasteiger partial charge in [-0.2, -0.15) is 0 Å². The van der Waals surface area contributed by atoms with E-state index < -0.39 is 21.8 Å². The van der Waals surface area contributed by atoms with E-state index in [1.807, 2.05) is 0 Å². The fourth-order valence-electron chi connectivity index (χ4n) is 0.739. The quantitative estimate of drug-likeness (QED) is 0.339. The lowest BCUT2D eigenvalue weighted by Gasteiger charge is -2.01. The first-order valence-electron chi connectivity index (χ1n) is 3.09. The van der Waals surface area contributed by atoms with E-state index in [2.05, 4.69) is 5.16 Å². The minimum Gasteiger partial charge on any atom is -0.410 e. The molecule has 1 aromatic carbocycles. The van der Waals surface area contributed by atoms with Gasteiger partial charge >= 0.3 is 0 Å². The fraction of sp³-hybridized carbons (Fsp3) is 0. The van der Waals surface area contributed by atoms with Crippen molar-refractivity contribution in [1.82, 2.24) is 0 Å². The van der Waals surface area contributed by atoms with Crippen LogP contribution in [0, 0.1) is 11.6 Å². The maximum absolute atomic E-state index is 13.1. The summed E-state index contributed by atoms with van der Waals surface area (Å²) in [5, 5.41) is 9.61. The summed E-state index contributed by atoms with van der Waals surface area (Å²) in [5.74, 6) is -1.95. The van der Waals surface area contributed by atoms with Crippen LogP contribution in [0.5, 0.6) is 0 Å². The first-order chi connectivity index (χ1) is 6.07. The molecule has 0 aromatic heterocycles. The van der Waals surface area contributed by atoms with E-state index >= 15 is 0 Å². The Morgan fingerprint density at radius 2 is 2.00 bits per heavy atom. The Morgan fingerprint density at radius 1 is 1.38 bits per heavy atom. The Hall–Kier alpha value is -0.870. The van der Waals surface area contributed by atoms with Crippen LogP contribution in [-0.4, -0.2) is 10.4 Å². The average Bonchev–Trinajstić information content (AvgIpc) is 2.13. The summed E-state index contributed by atoms with van der Waals surface area (Å²) in [4.78, 5) is 0. The third-order valence-electron chi connectivity index (χ3n) is 1.35. The lowest BCUT2D eigenvalue weighted by molar-refractivity contribution is 0.320. The van der Waals surface area contributed by atoms with Crippen LogP contribution in [0.25, 0.3) is 0 Å². The molecule has 0 spiro atoms. The zero-order valence-electron chi connectivity index (χ0n) is 6.06. The molecule has 6 heteroatoms. The maximum Gasteiger partial charge on any atom is 0.178 e. The predicted molar refractivity (Wildman–Crippen MR) is 45.5 cm³/mol. The van der Waals surface area contributed by atoms with Crippen molar-refractivity contribution in [2.24, 2.45) is 5.16 Å². The summed E-state index contributed by atoms with van der Waals surface area (Å²) in [7, 11) is 0. The summed E-state index contributed by atoms with van der Waals surface area (Å²) in [6.07, 6.45) is 0. The minimum absolute atomic E-state index is 0.254. The monoisotopic (exact) mass is 225 g/mol. The van der Waals surface area contributed by atoms with Crippen molar-refractivity contribution in [3.63, 3.8) is 0 Å². The standard InChI is InChI=1S/C7H3Cl2F2NO/c8-5-4(10)2-1-3(6(5)11)7(9)12-13/h1-2,13H/b12-7+. The van der Waals surface area contributed by atoms with E-state index in [4.69, 9.17) is 28.4 Å². The summed E-state index contributed by atoms with van der Waals surface area (Å²) in [6.45, 7) is 0. The van der Waals surface area contributed by atoms with Gasteiger partial charge in [-0.15, -0.1) is 0 Å². The van der Waals surface area contributed by atoms with Crippen LogP contribution in [0.1, 0.15) is 5.56 Å². The number of halogens is 4. The van der Waals surface area contributed by atoms with Gasteiger partial charge in [-0.1, -0.05) is 28.4 Å². The molecule has 0 aliphatic carbocycles. The van der Waals surface area contributed by atoms with Crippen LogP contribution in [0.4, 0.5) is 8.78 Å². The molecule has 0 fully saturated rings. The highest BCUT2D eigenvalue weighted by Gasteiger charge is 2.14. The van der Waals surface area contributed by atoms with Gasteiger partial charge in [0.05, 0.1) is 5.56 Å². The van der Waals surface area contributed by atoms with Crippen molar-refractivity contribution in [3.8, 4) is 0 Å². The van der Waals surface area contributed by atoms with Crippen molar-refractivity contribution < 1.29 is 14.0 Å². The molecule has 1 N–H and O–H groups in total. The van der Waals surface area contributed by atoms with Crippen LogP contribution >= 0.6 is 23.2 Å². The molecule has 70 valence electrons. The van der Waals surface area contributed by atoms with Gasteiger partial charge in [-0.3, -0.25) is 0 Å². The van der Waals surface area contributed by atoms with E-state index in [0.29, 0.717) is 0 Å². The Bertz CT molecular complexity index is 368. The van der Waals surface area contributed by atoms with E-state index in [0.717, 1.165) is 12.1 Å². The Balaban J connectivity index is 3.34. The van der Waals surface area contributed by atoms with Crippen LogP contribution in [0.3, 0.4) is 0 Å². The first-order valence-corrected chi connectivity index (χ1v) is 3.85. The molecular formula is C7H3Cl2F2NO. The SMILES string of the molecule is O/N=C(/Cl)c1ccc(F)c(Cl)c1F. The van der Waals surface area contributed by atoms with Crippen LogP contribution in [0.15, 0.2) is 17.3 Å². The molecule has 0 aliphatic heterocycles. The van der Waals surface area contributed by atoms with Gasteiger partial charge in [0.25, 0.3) is 0 Å².